The SMILES string of the molecule is CC1=CC2c3cc(C)cc(C)c3N(c3cc(-n4c5ccccc5c5c6c7ccccc7n(-c7ccccc7)c6ccc54)c(C#N)cc3-c3nc(-c4ccccc4)nc(-c4ccccc4)n3)C2C(C)=C1. The molecule has 7 nitrogen and oxygen atoms in total. The molecule has 1 aliphatic carbocycles. The Kier molecular flexibility index (Phi) is 9.15. The van der Waals surface area contributed by atoms with Crippen LogP contribution in [0.3, 0.4) is 0 Å². The Morgan fingerprint density at radius 3 is 1.70 bits per heavy atom. The molecule has 0 radical (unpaired) electrons. The minimum absolute atomic E-state index is 0.0327. The van der Waals surface area contributed by atoms with Crippen LogP contribution in [-0.4, -0.2) is 30.1 Å². The summed E-state index contributed by atoms with van der Waals surface area (Å²) >= 11 is 0. The molecule has 0 fully saturated rings. The lowest BCUT2D eigenvalue weighted by Gasteiger charge is -2.35. The molecule has 3 aromatic heterocycles. The second-order valence-electron chi connectivity index (χ2n) is 18.6. The van der Waals surface area contributed by atoms with Crippen molar-refractivity contribution in [3.63, 3.8) is 0 Å². The zero-order valence-electron chi connectivity index (χ0n) is 38.7. The van der Waals surface area contributed by atoms with Gasteiger partial charge in [0.2, 0.25) is 0 Å². The van der Waals surface area contributed by atoms with Crippen molar-refractivity contribution in [1.82, 2.24) is 24.1 Å². The second-order valence-corrected chi connectivity index (χ2v) is 18.6. The highest BCUT2D eigenvalue weighted by molar-refractivity contribution is 6.29. The fraction of sp³-hybridized carbons (Fsp3) is 0.0968. The minimum atomic E-state index is -0.0327. The topological polar surface area (TPSA) is 75.6 Å². The van der Waals surface area contributed by atoms with Crippen molar-refractivity contribution >= 4 is 55.0 Å². The zero-order chi connectivity index (χ0) is 46.5. The van der Waals surface area contributed by atoms with Crippen LogP contribution in [0.5, 0.6) is 0 Å². The first-order chi connectivity index (χ1) is 33.8. The van der Waals surface area contributed by atoms with Crippen molar-refractivity contribution in [3.8, 4) is 51.6 Å². The van der Waals surface area contributed by atoms with Crippen LogP contribution in [0.25, 0.3) is 89.2 Å². The van der Waals surface area contributed by atoms with E-state index in [-0.39, 0.29) is 12.0 Å². The van der Waals surface area contributed by atoms with Crippen LogP contribution in [0.2, 0.25) is 0 Å². The standard InChI is InChI=1S/C62H45N7/c1-37-30-39(3)58-47(32-37)48-33-38(2)31-40(4)59(48)69(58)55-35-54(43(36-63)34-49(55)62-65-60(41-18-8-5-9-19-41)64-61(66-62)42-20-10-6-11-21-42)68-51-27-17-15-25-46(51)57-53(68)29-28-52-56(57)45-24-14-16-26-50(45)67(52)44-22-12-7-13-23-44/h5-35,47,58H,1-4H3. The number of nitriles is 1. The normalized spacial score (nSPS) is 15.4. The molecule has 0 saturated heterocycles. The molecule has 69 heavy (non-hydrogen) atoms. The molecule has 0 saturated carbocycles. The molecule has 8 aromatic carbocycles. The zero-order valence-corrected chi connectivity index (χ0v) is 38.7. The van der Waals surface area contributed by atoms with Gasteiger partial charge in [0.05, 0.1) is 45.0 Å². The van der Waals surface area contributed by atoms with E-state index in [4.69, 9.17) is 15.0 Å². The molecule has 328 valence electrons. The molecule has 11 aromatic rings. The Morgan fingerprint density at radius 1 is 0.522 bits per heavy atom. The number of aryl methyl sites for hydroxylation is 2. The smallest absolute Gasteiger partial charge is 0.166 e. The fourth-order valence-electron chi connectivity index (χ4n) is 11.6. The van der Waals surface area contributed by atoms with Gasteiger partial charge in [-0.2, -0.15) is 5.26 Å². The molecule has 0 N–H and O–H groups in total. The van der Waals surface area contributed by atoms with E-state index in [1.807, 2.05) is 66.7 Å². The van der Waals surface area contributed by atoms with E-state index in [2.05, 4.69) is 169 Å². The van der Waals surface area contributed by atoms with Crippen LogP contribution in [0, 0.1) is 25.2 Å². The average molecular weight is 888 g/mol. The highest BCUT2D eigenvalue weighted by Crippen LogP contribution is 2.55. The first-order valence-electron chi connectivity index (χ1n) is 23.6. The predicted octanol–water partition coefficient (Wildman–Crippen LogP) is 15.1. The lowest BCUT2D eigenvalue weighted by Crippen LogP contribution is -2.33. The third-order valence-electron chi connectivity index (χ3n) is 14.2. The number of anilines is 2. The molecule has 0 amide bonds. The maximum absolute atomic E-state index is 11.5. The minimum Gasteiger partial charge on any atom is -0.332 e. The van der Waals surface area contributed by atoms with Gasteiger partial charge in [0.15, 0.2) is 17.5 Å². The van der Waals surface area contributed by atoms with E-state index in [0.717, 1.165) is 66.6 Å². The molecule has 1 aliphatic heterocycles. The molecule has 13 rings (SSSR count). The van der Waals surface area contributed by atoms with Gasteiger partial charge in [-0.3, -0.25) is 0 Å². The van der Waals surface area contributed by atoms with E-state index in [1.54, 1.807) is 0 Å². The van der Waals surface area contributed by atoms with E-state index >= 15 is 0 Å². The van der Waals surface area contributed by atoms with E-state index < -0.39 is 0 Å². The number of rotatable bonds is 6. The molecular weight excluding hydrogens is 843 g/mol. The van der Waals surface area contributed by atoms with Gasteiger partial charge in [-0.15, -0.1) is 0 Å². The maximum atomic E-state index is 11.5. The van der Waals surface area contributed by atoms with Gasteiger partial charge in [-0.1, -0.05) is 151 Å². The van der Waals surface area contributed by atoms with Crippen LogP contribution in [0.4, 0.5) is 11.4 Å². The lowest BCUT2D eigenvalue weighted by atomic mass is 9.83. The van der Waals surface area contributed by atoms with Gasteiger partial charge in [0, 0.05) is 55.5 Å². The number of fused-ring (bicyclic) bond motifs is 10. The van der Waals surface area contributed by atoms with Crippen molar-refractivity contribution in [2.24, 2.45) is 0 Å². The molecule has 2 atom stereocenters. The Morgan fingerprint density at radius 2 is 1.07 bits per heavy atom. The number of allylic oxidation sites excluding steroid dienone is 2. The Hall–Kier alpha value is -8.86. The Balaban J connectivity index is 1.15. The highest BCUT2D eigenvalue weighted by Gasteiger charge is 2.43. The number of benzene rings is 8. The van der Waals surface area contributed by atoms with Gasteiger partial charge in [-0.05, 0) is 92.9 Å². The lowest BCUT2D eigenvalue weighted by molar-refractivity contribution is 0.699. The van der Waals surface area contributed by atoms with Gasteiger partial charge in [-0.25, -0.2) is 15.0 Å². The van der Waals surface area contributed by atoms with E-state index in [1.165, 1.54) is 44.3 Å². The summed E-state index contributed by atoms with van der Waals surface area (Å²) in [6.07, 6.45) is 4.74. The van der Waals surface area contributed by atoms with Crippen LogP contribution < -0.4 is 4.90 Å². The second kappa shape index (κ2) is 15.6. The summed E-state index contributed by atoms with van der Waals surface area (Å²) in [4.78, 5) is 18.3. The van der Waals surface area contributed by atoms with E-state index in [9.17, 15) is 5.26 Å². The van der Waals surface area contributed by atoms with Crippen LogP contribution in [0.15, 0.2) is 199 Å². The van der Waals surface area contributed by atoms with Crippen molar-refractivity contribution in [1.29, 1.82) is 5.26 Å². The number of para-hydroxylation sites is 3. The monoisotopic (exact) mass is 887 g/mol. The summed E-state index contributed by atoms with van der Waals surface area (Å²) in [7, 11) is 0. The number of nitrogens with zero attached hydrogens (tertiary/aromatic N) is 7. The van der Waals surface area contributed by atoms with Crippen molar-refractivity contribution in [2.75, 3.05) is 4.90 Å². The van der Waals surface area contributed by atoms with Crippen LogP contribution in [0.1, 0.15) is 42.0 Å². The predicted molar refractivity (Wildman–Crippen MR) is 282 cm³/mol. The summed E-state index contributed by atoms with van der Waals surface area (Å²) in [5.41, 5.74) is 17.5. The van der Waals surface area contributed by atoms with Crippen LogP contribution >= 0.6 is 0 Å². The summed E-state index contributed by atoms with van der Waals surface area (Å²) in [5, 5.41) is 16.1. The molecule has 0 spiro atoms. The summed E-state index contributed by atoms with van der Waals surface area (Å²) < 4.78 is 4.68. The molecule has 2 unspecified atom stereocenters. The number of hydrogen-bond donors (Lipinski definition) is 0. The van der Waals surface area contributed by atoms with Gasteiger partial charge in [0.25, 0.3) is 0 Å². The quantitative estimate of drug-likeness (QED) is 0.166. The third kappa shape index (κ3) is 6.22. The number of aromatic nitrogens is 5. The fourth-order valence-corrected chi connectivity index (χ4v) is 11.6. The number of hydrogen-bond acceptors (Lipinski definition) is 5. The molecule has 0 bridgehead atoms. The average Bonchev–Trinajstić information content (AvgIpc) is 4.02. The molecule has 7 heteroatoms. The maximum Gasteiger partial charge on any atom is 0.166 e. The van der Waals surface area contributed by atoms with E-state index in [0.29, 0.717) is 23.0 Å². The summed E-state index contributed by atoms with van der Waals surface area (Å²) in [5.74, 6) is 1.73. The summed E-state index contributed by atoms with van der Waals surface area (Å²) in [6.45, 7) is 8.88. The van der Waals surface area contributed by atoms with Gasteiger partial charge < -0.3 is 14.0 Å². The highest BCUT2D eigenvalue weighted by atomic mass is 15.2. The molecular formula is C62H45N7. The largest absolute Gasteiger partial charge is 0.332 e. The van der Waals surface area contributed by atoms with Crippen LogP contribution in [-0.2, 0) is 0 Å². The first-order valence-corrected chi connectivity index (χ1v) is 23.6. The molecule has 4 heterocycles. The first kappa shape index (κ1) is 40.4. The Labute approximate surface area is 400 Å². The summed E-state index contributed by atoms with van der Waals surface area (Å²) in [6, 6.07) is 64.2. The van der Waals surface area contributed by atoms with Crippen molar-refractivity contribution in [3.05, 3.63) is 221 Å². The van der Waals surface area contributed by atoms with Gasteiger partial charge >= 0.3 is 0 Å². The Bertz CT molecular complexity index is 3960. The van der Waals surface area contributed by atoms with Crippen molar-refractivity contribution in [2.45, 2.75) is 39.7 Å². The molecule has 2 aliphatic rings. The third-order valence-corrected chi connectivity index (χ3v) is 14.2. The van der Waals surface area contributed by atoms with Crippen molar-refractivity contribution < 1.29 is 0 Å². The van der Waals surface area contributed by atoms with Gasteiger partial charge in [0.1, 0.15) is 6.07 Å².